The van der Waals surface area contributed by atoms with E-state index in [1.54, 1.807) is 0 Å². The zero-order valence-corrected chi connectivity index (χ0v) is 14.6. The molecule has 6 nitrogen and oxygen atoms in total. The number of piperidine rings is 1. The van der Waals surface area contributed by atoms with Crippen LogP contribution in [-0.2, 0) is 17.5 Å². The Kier molecular flexibility index (Phi) is 6.70. The average molecular weight is 382 g/mol. The second-order valence-electron chi connectivity index (χ2n) is 6.43. The molecule has 142 valence electrons. The molecule has 10 heteroatoms. The summed E-state index contributed by atoms with van der Waals surface area (Å²) in [4.78, 5) is 16.5. The normalized spacial score (nSPS) is 22.5. The molecule has 25 heavy (non-hydrogen) atoms. The first-order chi connectivity index (χ1) is 11.4. The lowest BCUT2D eigenvalue weighted by Gasteiger charge is -2.36. The van der Waals surface area contributed by atoms with Crippen molar-refractivity contribution in [3.8, 4) is 0 Å². The molecule has 0 bridgehead atoms. The van der Waals surface area contributed by atoms with E-state index in [1.807, 2.05) is 9.80 Å². The van der Waals surface area contributed by atoms with Crippen molar-refractivity contribution < 1.29 is 18.0 Å². The summed E-state index contributed by atoms with van der Waals surface area (Å²) in [5, 5.41) is 8.99. The second kappa shape index (κ2) is 8.37. The fraction of sp³-hybridized carbons (Fsp3) is 0.733. The van der Waals surface area contributed by atoms with Crippen LogP contribution in [0, 0.1) is 5.92 Å². The van der Waals surface area contributed by atoms with Crippen LogP contribution < -0.4 is 5.32 Å². The monoisotopic (exact) mass is 381 g/mol. The van der Waals surface area contributed by atoms with E-state index in [1.165, 1.54) is 0 Å². The van der Waals surface area contributed by atoms with Gasteiger partial charge in [0.15, 0.2) is 5.69 Å². The van der Waals surface area contributed by atoms with Crippen LogP contribution in [0.15, 0.2) is 6.07 Å². The fourth-order valence-electron chi connectivity index (χ4n) is 3.37. The molecule has 2 fully saturated rings. The van der Waals surface area contributed by atoms with Gasteiger partial charge in [-0.25, -0.2) is 0 Å². The summed E-state index contributed by atoms with van der Waals surface area (Å²) in [5.74, 6) is 0.101. The average Bonchev–Trinajstić information content (AvgIpc) is 3.04. The summed E-state index contributed by atoms with van der Waals surface area (Å²) in [6.45, 7) is 4.81. The number of likely N-dealkylation sites (tertiary alicyclic amines) is 1. The maximum atomic E-state index is 12.6. The van der Waals surface area contributed by atoms with E-state index in [-0.39, 0.29) is 24.2 Å². The Hall–Kier alpha value is -1.32. The lowest BCUT2D eigenvalue weighted by Crippen LogP contribution is -2.51. The van der Waals surface area contributed by atoms with Crippen molar-refractivity contribution in [2.24, 2.45) is 5.92 Å². The molecule has 0 saturated carbocycles. The molecule has 0 aliphatic carbocycles. The first-order valence-corrected chi connectivity index (χ1v) is 8.27. The molecule has 0 spiro atoms. The number of aromatic amines is 1. The minimum absolute atomic E-state index is 0. The van der Waals surface area contributed by atoms with E-state index < -0.39 is 11.9 Å². The van der Waals surface area contributed by atoms with Crippen molar-refractivity contribution in [3.63, 3.8) is 0 Å². The fourth-order valence-corrected chi connectivity index (χ4v) is 3.37. The van der Waals surface area contributed by atoms with E-state index in [0.29, 0.717) is 18.8 Å². The maximum Gasteiger partial charge on any atom is 0.435 e. The highest BCUT2D eigenvalue weighted by molar-refractivity contribution is 5.85. The quantitative estimate of drug-likeness (QED) is 0.832. The number of nitrogens with zero attached hydrogens (tertiary/aromatic N) is 3. The van der Waals surface area contributed by atoms with Gasteiger partial charge in [-0.1, -0.05) is 0 Å². The van der Waals surface area contributed by atoms with Gasteiger partial charge in [-0.3, -0.25) is 14.8 Å². The first kappa shape index (κ1) is 20.0. The number of hydrogen-bond acceptors (Lipinski definition) is 4. The van der Waals surface area contributed by atoms with Gasteiger partial charge in [-0.2, -0.15) is 18.3 Å². The SMILES string of the molecule is Cl.O=C(C1CCCN(Cc2cc(C(F)(F)F)n[nH]2)C1)N1CCNCC1. The first-order valence-electron chi connectivity index (χ1n) is 8.27. The van der Waals surface area contributed by atoms with Crippen molar-refractivity contribution in [2.45, 2.75) is 25.6 Å². The summed E-state index contributed by atoms with van der Waals surface area (Å²) in [5.41, 5.74) is -0.472. The van der Waals surface area contributed by atoms with E-state index in [0.717, 1.165) is 51.6 Å². The summed E-state index contributed by atoms with van der Waals surface area (Å²) >= 11 is 0. The molecular weight excluding hydrogens is 359 g/mol. The lowest BCUT2D eigenvalue weighted by atomic mass is 9.96. The molecule has 0 radical (unpaired) electrons. The van der Waals surface area contributed by atoms with Crippen molar-refractivity contribution >= 4 is 18.3 Å². The predicted octanol–water partition coefficient (Wildman–Crippen LogP) is 1.49. The Balaban J connectivity index is 0.00000225. The van der Waals surface area contributed by atoms with Crippen LogP contribution in [0.25, 0.3) is 0 Å². The molecule has 0 aromatic carbocycles. The van der Waals surface area contributed by atoms with Crippen LogP contribution >= 0.6 is 12.4 Å². The van der Waals surface area contributed by atoms with Gasteiger partial charge in [-0.05, 0) is 25.5 Å². The molecule has 2 saturated heterocycles. The smallest absolute Gasteiger partial charge is 0.340 e. The summed E-state index contributed by atoms with van der Waals surface area (Å²) in [6.07, 6.45) is -2.71. The van der Waals surface area contributed by atoms with Gasteiger partial charge in [0, 0.05) is 45.0 Å². The number of rotatable bonds is 3. The molecule has 1 atom stereocenters. The number of halogens is 4. The van der Waals surface area contributed by atoms with Gasteiger partial charge in [0.05, 0.1) is 5.92 Å². The summed E-state index contributed by atoms with van der Waals surface area (Å²) < 4.78 is 37.8. The van der Waals surface area contributed by atoms with Gasteiger partial charge in [0.25, 0.3) is 0 Å². The number of piperazine rings is 1. The van der Waals surface area contributed by atoms with Crippen LogP contribution in [0.4, 0.5) is 13.2 Å². The minimum atomic E-state index is -4.43. The summed E-state index contributed by atoms with van der Waals surface area (Å²) in [7, 11) is 0. The third-order valence-corrected chi connectivity index (χ3v) is 4.60. The van der Waals surface area contributed by atoms with Crippen molar-refractivity contribution in [3.05, 3.63) is 17.5 Å². The molecule has 3 heterocycles. The Morgan fingerprint density at radius 3 is 2.64 bits per heavy atom. The van der Waals surface area contributed by atoms with Gasteiger partial charge in [-0.15, -0.1) is 12.4 Å². The van der Waals surface area contributed by atoms with E-state index in [2.05, 4.69) is 15.5 Å². The topological polar surface area (TPSA) is 64.3 Å². The highest BCUT2D eigenvalue weighted by atomic mass is 35.5. The van der Waals surface area contributed by atoms with E-state index in [4.69, 9.17) is 0 Å². The zero-order chi connectivity index (χ0) is 17.2. The van der Waals surface area contributed by atoms with Crippen molar-refractivity contribution in [1.82, 2.24) is 25.3 Å². The molecule has 1 aromatic heterocycles. The number of hydrogen-bond donors (Lipinski definition) is 2. The van der Waals surface area contributed by atoms with Gasteiger partial charge in [0.2, 0.25) is 5.91 Å². The molecule has 2 aliphatic heterocycles. The zero-order valence-electron chi connectivity index (χ0n) is 13.8. The van der Waals surface area contributed by atoms with Crippen LogP contribution in [0.2, 0.25) is 0 Å². The number of H-pyrrole nitrogens is 1. The van der Waals surface area contributed by atoms with Gasteiger partial charge < -0.3 is 10.2 Å². The van der Waals surface area contributed by atoms with Crippen LogP contribution in [-0.4, -0.2) is 65.2 Å². The number of carbonyl (C=O) groups excluding carboxylic acids is 1. The molecular formula is C15H23ClF3N5O. The lowest BCUT2D eigenvalue weighted by molar-refractivity contribution is -0.141. The maximum absolute atomic E-state index is 12.6. The van der Waals surface area contributed by atoms with Crippen LogP contribution in [0.5, 0.6) is 0 Å². The second-order valence-corrected chi connectivity index (χ2v) is 6.43. The Morgan fingerprint density at radius 1 is 1.28 bits per heavy atom. The van der Waals surface area contributed by atoms with Crippen LogP contribution in [0.3, 0.4) is 0 Å². The highest BCUT2D eigenvalue weighted by Gasteiger charge is 2.34. The third kappa shape index (κ3) is 5.08. The standard InChI is InChI=1S/C15H22F3N5O.ClH/c16-15(17,18)13-8-12(20-21-13)10-22-5-1-2-11(9-22)14(24)23-6-3-19-4-7-23;/h8,11,19H,1-7,9-10H2,(H,20,21);1H. The predicted molar refractivity (Wildman–Crippen MR) is 88.3 cm³/mol. The molecule has 2 aliphatic rings. The highest BCUT2D eigenvalue weighted by Crippen LogP contribution is 2.28. The number of carbonyl (C=O) groups is 1. The molecule has 1 amide bonds. The third-order valence-electron chi connectivity index (χ3n) is 4.60. The number of amides is 1. The van der Waals surface area contributed by atoms with Gasteiger partial charge in [0.1, 0.15) is 0 Å². The number of alkyl halides is 3. The Bertz CT molecular complexity index is 574. The molecule has 1 aromatic rings. The van der Waals surface area contributed by atoms with Crippen molar-refractivity contribution in [1.29, 1.82) is 0 Å². The Labute approximate surface area is 150 Å². The van der Waals surface area contributed by atoms with E-state index >= 15 is 0 Å². The number of aromatic nitrogens is 2. The molecule has 2 N–H and O–H groups in total. The Morgan fingerprint density at radius 2 is 2.00 bits per heavy atom. The van der Waals surface area contributed by atoms with E-state index in [9.17, 15) is 18.0 Å². The minimum Gasteiger partial charge on any atom is -0.340 e. The molecule has 1 unspecified atom stereocenters. The van der Waals surface area contributed by atoms with Crippen LogP contribution in [0.1, 0.15) is 24.2 Å². The summed E-state index contributed by atoms with van der Waals surface area (Å²) in [6, 6.07) is 1.04. The molecule has 3 rings (SSSR count). The number of nitrogens with one attached hydrogen (secondary N) is 2. The van der Waals surface area contributed by atoms with Gasteiger partial charge >= 0.3 is 6.18 Å². The largest absolute Gasteiger partial charge is 0.435 e. The van der Waals surface area contributed by atoms with Crippen molar-refractivity contribution in [2.75, 3.05) is 39.3 Å².